The topological polar surface area (TPSA) is 195 Å². The van der Waals surface area contributed by atoms with Crippen molar-refractivity contribution in [3.63, 3.8) is 0 Å². The summed E-state index contributed by atoms with van der Waals surface area (Å²) >= 11 is 0. The zero-order valence-corrected chi connectivity index (χ0v) is 40.6. The predicted molar refractivity (Wildman–Crippen MR) is 245 cm³/mol. The van der Waals surface area contributed by atoms with Crippen molar-refractivity contribution in [2.45, 2.75) is 180 Å². The van der Waals surface area contributed by atoms with Crippen molar-refractivity contribution in [2.75, 3.05) is 27.9 Å². The average molecular weight is 914 g/mol. The fraction of sp³-hybridized carbons (Fsp3) is 0.745. The Balaban J connectivity index is 1.70. The molecule has 366 valence electrons. The summed E-state index contributed by atoms with van der Waals surface area (Å²) in [7, 11) is 4.52. The summed E-state index contributed by atoms with van der Waals surface area (Å²) in [5, 5.41) is 33.8. The molecule has 2 saturated heterocycles. The number of nitrogens with zero attached hydrogens (tertiary/aromatic N) is 1. The van der Waals surface area contributed by atoms with Gasteiger partial charge in [0.15, 0.2) is 5.78 Å². The normalized spacial score (nSPS) is 39.1. The van der Waals surface area contributed by atoms with Gasteiger partial charge in [-0.15, -0.1) is 0 Å². The first-order valence-corrected chi connectivity index (χ1v) is 23.9. The van der Waals surface area contributed by atoms with E-state index in [4.69, 9.17) is 23.7 Å². The molecule has 0 aromatic carbocycles. The largest absolute Gasteiger partial charge is 0.460 e. The second kappa shape index (κ2) is 25.1. The van der Waals surface area contributed by atoms with Gasteiger partial charge in [0.25, 0.3) is 11.7 Å². The number of methoxy groups -OCH3 is 3. The number of esters is 1. The lowest BCUT2D eigenvalue weighted by atomic mass is 9.78. The number of allylic oxidation sites excluding steroid dienone is 6. The quantitative estimate of drug-likeness (QED) is 0.156. The van der Waals surface area contributed by atoms with Crippen LogP contribution < -0.4 is 0 Å². The van der Waals surface area contributed by atoms with Gasteiger partial charge in [0.2, 0.25) is 5.79 Å². The first kappa shape index (κ1) is 54.2. The van der Waals surface area contributed by atoms with Crippen LogP contribution in [0.3, 0.4) is 0 Å². The number of amides is 1. The van der Waals surface area contributed by atoms with Crippen molar-refractivity contribution in [2.24, 2.45) is 35.5 Å². The molecular weight excluding hydrogens is 835 g/mol. The Labute approximate surface area is 387 Å². The summed E-state index contributed by atoms with van der Waals surface area (Å²) in [5.41, 5.74) is 1.27. The molecule has 4 aliphatic rings. The Morgan fingerprint density at radius 2 is 1.57 bits per heavy atom. The van der Waals surface area contributed by atoms with Crippen molar-refractivity contribution in [1.29, 1.82) is 0 Å². The van der Waals surface area contributed by atoms with E-state index in [9.17, 15) is 39.3 Å². The molecule has 3 aliphatic heterocycles. The summed E-state index contributed by atoms with van der Waals surface area (Å²) in [4.78, 5) is 71.8. The summed E-state index contributed by atoms with van der Waals surface area (Å²) < 4.78 is 29.4. The minimum Gasteiger partial charge on any atom is -0.460 e. The number of fused-ring (bicyclic) bond motifs is 3. The van der Waals surface area contributed by atoms with Gasteiger partial charge in [0.05, 0.1) is 24.4 Å². The highest BCUT2D eigenvalue weighted by atomic mass is 16.6. The molecule has 4 rings (SSSR count). The number of aliphatic hydroxyl groups excluding tert-OH is 2. The molecule has 14 nitrogen and oxygen atoms in total. The maximum Gasteiger partial charge on any atom is 0.329 e. The van der Waals surface area contributed by atoms with Gasteiger partial charge in [-0.1, -0.05) is 71.1 Å². The van der Waals surface area contributed by atoms with Crippen molar-refractivity contribution in [3.05, 3.63) is 47.6 Å². The highest BCUT2D eigenvalue weighted by Gasteiger charge is 2.53. The lowest BCUT2D eigenvalue weighted by Gasteiger charge is -2.42. The molecule has 2 bridgehead atoms. The molecule has 0 spiro atoms. The molecule has 3 N–H and O–H groups in total. The second-order valence-corrected chi connectivity index (χ2v) is 19.6. The minimum atomic E-state index is -2.43. The van der Waals surface area contributed by atoms with E-state index in [1.165, 1.54) is 12.0 Å². The van der Waals surface area contributed by atoms with E-state index in [2.05, 4.69) is 0 Å². The number of ether oxygens (including phenoxy) is 5. The molecule has 1 saturated carbocycles. The van der Waals surface area contributed by atoms with E-state index in [-0.39, 0.29) is 54.8 Å². The fourth-order valence-corrected chi connectivity index (χ4v) is 10.1. The number of piperidine rings is 1. The number of rotatable bonds is 6. The Morgan fingerprint density at radius 3 is 2.25 bits per heavy atom. The van der Waals surface area contributed by atoms with Crippen molar-refractivity contribution in [1.82, 2.24) is 4.90 Å². The molecule has 65 heavy (non-hydrogen) atoms. The molecule has 1 amide bonds. The van der Waals surface area contributed by atoms with Crippen LogP contribution in [0.25, 0.3) is 0 Å². The van der Waals surface area contributed by atoms with E-state index in [1.54, 1.807) is 41.1 Å². The van der Waals surface area contributed by atoms with Crippen LogP contribution in [0.1, 0.15) is 126 Å². The molecular formula is C51H79NO13. The Hall–Kier alpha value is -3.37. The monoisotopic (exact) mass is 914 g/mol. The Morgan fingerprint density at radius 1 is 0.846 bits per heavy atom. The van der Waals surface area contributed by atoms with Gasteiger partial charge >= 0.3 is 5.97 Å². The highest BCUT2D eigenvalue weighted by Crippen LogP contribution is 2.38. The second-order valence-electron chi connectivity index (χ2n) is 19.6. The number of hydrogen-bond acceptors (Lipinski definition) is 13. The number of carbonyl (C=O) groups is 5. The van der Waals surface area contributed by atoms with Crippen LogP contribution in [0.4, 0.5) is 0 Å². The zero-order valence-electron chi connectivity index (χ0n) is 40.6. The van der Waals surface area contributed by atoms with Gasteiger partial charge < -0.3 is 43.9 Å². The molecule has 3 heterocycles. The average Bonchev–Trinajstić information content (AvgIpc) is 3.28. The predicted octanol–water partition coefficient (Wildman–Crippen LogP) is 6.18. The van der Waals surface area contributed by atoms with Crippen molar-refractivity contribution >= 4 is 29.2 Å². The summed E-state index contributed by atoms with van der Waals surface area (Å²) in [5.74, 6) is -7.96. The molecule has 0 aromatic rings. The third-order valence-corrected chi connectivity index (χ3v) is 14.5. The van der Waals surface area contributed by atoms with Crippen LogP contribution in [0.2, 0.25) is 0 Å². The highest BCUT2D eigenvalue weighted by molar-refractivity contribution is 6.39. The number of ketones is 3. The number of Topliss-reactive ketones (excluding diaryl/α,β-unsaturated/α-hetero) is 3. The first-order valence-electron chi connectivity index (χ1n) is 23.9. The number of carbonyl (C=O) groups excluding carboxylic acids is 5. The van der Waals surface area contributed by atoms with Crippen molar-refractivity contribution < 1.29 is 63.0 Å². The SMILES string of the molecule is COC1C[C@@H]2CC[C@@H](C)[C@@](O)(O2)C(=O)C(=O)N2CCCCC2C(=O)O[C@H]([C@H](C)C[C@@H]2CC[C@@H](O)[C@H](OC)C2)CC(=O)C(C)/C=C(\C)C(O)[C@@H](OC)C(=O)[C@H](C)C[C@H](C)/C=C/C=CC=C1C. The van der Waals surface area contributed by atoms with Crippen LogP contribution in [0.15, 0.2) is 47.6 Å². The van der Waals surface area contributed by atoms with E-state index >= 15 is 0 Å². The van der Waals surface area contributed by atoms with Gasteiger partial charge in [0.1, 0.15) is 30.1 Å². The molecule has 0 radical (unpaired) electrons. The molecule has 1 aliphatic carbocycles. The van der Waals surface area contributed by atoms with E-state index in [0.717, 1.165) is 12.0 Å². The van der Waals surface area contributed by atoms with Gasteiger partial charge in [0, 0.05) is 58.5 Å². The maximum absolute atomic E-state index is 14.4. The molecule has 14 heteroatoms. The van der Waals surface area contributed by atoms with E-state index in [0.29, 0.717) is 63.4 Å². The van der Waals surface area contributed by atoms with Crippen LogP contribution in [0, 0.1) is 35.5 Å². The van der Waals surface area contributed by atoms with Gasteiger partial charge in [-0.3, -0.25) is 19.2 Å². The standard InChI is InChI=1S/C51H79NO13/c1-30-16-12-11-13-17-31(2)42(61-8)28-38-21-19-36(7)51(60,65-38)48(57)49(58)52-23-15-14-18-39(52)50(59)64-43(33(4)26-37-20-22-40(53)44(27-37)62-9)29-41(54)32(3)25-35(6)46(56)47(63-10)45(55)34(5)24-30/h11-13,16-17,25,30,32-34,36-40,42-44,46-47,53,56,60H,14-15,18-24,26-29H2,1-10H3/b13-11?,16-12+,31-17?,35-25+/t30-,32?,33-,34-,36-,37+,38+,39?,40-,42?,43+,44-,46?,47+,51-/m1/s1. The summed E-state index contributed by atoms with van der Waals surface area (Å²) in [6.45, 7) is 12.7. The Kier molecular flexibility index (Phi) is 21.0. The van der Waals surface area contributed by atoms with E-state index in [1.807, 2.05) is 58.1 Å². The molecule has 3 fully saturated rings. The number of hydrogen-bond donors (Lipinski definition) is 3. The van der Waals surface area contributed by atoms with Crippen LogP contribution in [-0.2, 0) is 47.7 Å². The van der Waals surface area contributed by atoms with Gasteiger partial charge in [-0.05, 0) is 107 Å². The lowest BCUT2D eigenvalue weighted by molar-refractivity contribution is -0.265. The van der Waals surface area contributed by atoms with Crippen molar-refractivity contribution in [3.8, 4) is 0 Å². The first-order chi connectivity index (χ1) is 30.7. The fourth-order valence-electron chi connectivity index (χ4n) is 10.1. The van der Waals surface area contributed by atoms with Gasteiger partial charge in [-0.25, -0.2) is 4.79 Å². The Bertz CT molecular complexity index is 1760. The van der Waals surface area contributed by atoms with Crippen LogP contribution in [0.5, 0.6) is 0 Å². The molecule has 4 unspecified atom stereocenters. The number of cyclic esters (lactones) is 1. The summed E-state index contributed by atoms with van der Waals surface area (Å²) in [6, 6.07) is -1.14. The van der Waals surface area contributed by atoms with Gasteiger partial charge in [-0.2, -0.15) is 0 Å². The molecule has 0 aromatic heterocycles. The van der Waals surface area contributed by atoms with Crippen LogP contribution >= 0.6 is 0 Å². The summed E-state index contributed by atoms with van der Waals surface area (Å²) in [6.07, 6.45) is 11.2. The van der Waals surface area contributed by atoms with Crippen LogP contribution in [-0.4, -0.2) is 132 Å². The zero-order chi connectivity index (χ0) is 48.2. The number of aliphatic hydroxyl groups is 3. The minimum absolute atomic E-state index is 0.0193. The smallest absolute Gasteiger partial charge is 0.329 e. The third kappa shape index (κ3) is 14.3. The maximum atomic E-state index is 14.4. The third-order valence-electron chi connectivity index (χ3n) is 14.5. The van der Waals surface area contributed by atoms with E-state index < -0.39 is 83.9 Å². The molecule has 15 atom stereocenters. The lowest BCUT2D eigenvalue weighted by Crippen LogP contribution is -2.61.